The highest BCUT2D eigenvalue weighted by molar-refractivity contribution is 6.26. The smallest absolute Gasteiger partial charge is 0.198 e. The van der Waals surface area contributed by atoms with Crippen molar-refractivity contribution in [1.82, 2.24) is 0 Å². The summed E-state index contributed by atoms with van der Waals surface area (Å²) in [5.41, 5.74) is 0. The second kappa shape index (κ2) is 2.29. The lowest BCUT2D eigenvalue weighted by Crippen LogP contribution is -2.02. The van der Waals surface area contributed by atoms with Crippen LogP contribution in [0, 0.1) is 11.8 Å². The number of hydrogen-bond donors (Lipinski definition) is 0. The molecule has 0 bridgehead atoms. The summed E-state index contributed by atoms with van der Waals surface area (Å²) in [5.74, 6) is 0.400. The monoisotopic (exact) mass is 126 g/mol. The zero-order valence-electron chi connectivity index (χ0n) is 5.46. The molecule has 0 aromatic heterocycles. The van der Waals surface area contributed by atoms with Gasteiger partial charge in [-0.25, -0.2) is 0 Å². The minimum Gasteiger partial charge on any atom is -0.295 e. The molecule has 0 heterocycles. The molecule has 1 rings (SSSR count). The quantitative estimate of drug-likeness (QED) is 0.414. The molecule has 1 aliphatic carbocycles. The van der Waals surface area contributed by atoms with Gasteiger partial charge in [-0.3, -0.25) is 9.59 Å². The van der Waals surface area contributed by atoms with Crippen LogP contribution in [0.3, 0.4) is 0 Å². The van der Waals surface area contributed by atoms with Gasteiger partial charge in [-0.15, -0.1) is 0 Å². The van der Waals surface area contributed by atoms with Crippen LogP contribution in [0.15, 0.2) is 0 Å². The minimum absolute atomic E-state index is 0.0903. The van der Waals surface area contributed by atoms with E-state index in [-0.39, 0.29) is 11.7 Å². The van der Waals surface area contributed by atoms with Crippen molar-refractivity contribution in [2.24, 2.45) is 11.8 Å². The summed E-state index contributed by atoms with van der Waals surface area (Å²) in [7, 11) is 0. The molecular formula is C7H10O2. The van der Waals surface area contributed by atoms with E-state index in [2.05, 4.69) is 0 Å². The largest absolute Gasteiger partial charge is 0.295 e. The first-order chi connectivity index (χ1) is 4.29. The lowest BCUT2D eigenvalue weighted by molar-refractivity contribution is -0.130. The van der Waals surface area contributed by atoms with Crippen molar-refractivity contribution < 1.29 is 9.59 Å². The molecule has 2 atom stereocenters. The molecular weight excluding hydrogens is 116 g/mol. The number of rotatable bonds is 3. The van der Waals surface area contributed by atoms with E-state index in [1.807, 2.05) is 6.92 Å². The van der Waals surface area contributed by atoms with E-state index < -0.39 is 0 Å². The fourth-order valence-corrected chi connectivity index (χ4v) is 1.13. The van der Waals surface area contributed by atoms with Crippen molar-refractivity contribution in [3.05, 3.63) is 0 Å². The molecule has 50 valence electrons. The second-order valence-electron chi connectivity index (χ2n) is 2.53. The Morgan fingerprint density at radius 2 is 2.44 bits per heavy atom. The summed E-state index contributed by atoms with van der Waals surface area (Å²) < 4.78 is 0. The zero-order chi connectivity index (χ0) is 6.85. The molecule has 2 heteroatoms. The molecule has 1 saturated carbocycles. The average molecular weight is 126 g/mol. The van der Waals surface area contributed by atoms with Gasteiger partial charge in [-0.05, 0) is 12.3 Å². The molecule has 1 aliphatic rings. The average Bonchev–Trinajstić information content (AvgIpc) is 2.64. The summed E-state index contributed by atoms with van der Waals surface area (Å²) in [6, 6.07) is 0. The van der Waals surface area contributed by atoms with Gasteiger partial charge >= 0.3 is 0 Å². The van der Waals surface area contributed by atoms with Crippen LogP contribution < -0.4 is 0 Å². The first-order valence-corrected chi connectivity index (χ1v) is 3.28. The van der Waals surface area contributed by atoms with E-state index in [0.29, 0.717) is 12.2 Å². The SMILES string of the molecule is CC[C@H]1C[C@@H]1C(=O)C=O. The molecule has 0 spiro atoms. The molecule has 0 radical (unpaired) electrons. The predicted molar refractivity (Wildman–Crippen MR) is 33.0 cm³/mol. The van der Waals surface area contributed by atoms with E-state index in [4.69, 9.17) is 0 Å². The van der Waals surface area contributed by atoms with E-state index in [1.165, 1.54) is 0 Å². The van der Waals surface area contributed by atoms with Gasteiger partial charge in [0.25, 0.3) is 0 Å². The van der Waals surface area contributed by atoms with E-state index in [0.717, 1.165) is 12.8 Å². The Bertz CT molecular complexity index is 140. The van der Waals surface area contributed by atoms with Crippen molar-refractivity contribution >= 4 is 12.1 Å². The molecule has 9 heavy (non-hydrogen) atoms. The number of Topliss-reactive ketones (excluding diaryl/α,β-unsaturated/α-hetero) is 1. The molecule has 0 aromatic rings. The maximum absolute atomic E-state index is 10.6. The minimum atomic E-state index is -0.207. The Labute approximate surface area is 54.2 Å². The molecule has 0 N–H and O–H groups in total. The number of carbonyl (C=O) groups excluding carboxylic acids is 2. The van der Waals surface area contributed by atoms with Crippen molar-refractivity contribution in [3.8, 4) is 0 Å². The lowest BCUT2D eigenvalue weighted by atomic mass is 10.2. The summed E-state index contributed by atoms with van der Waals surface area (Å²) in [6.45, 7) is 2.04. The van der Waals surface area contributed by atoms with Gasteiger partial charge in [0.15, 0.2) is 12.1 Å². The Morgan fingerprint density at radius 1 is 1.78 bits per heavy atom. The Kier molecular flexibility index (Phi) is 1.65. The summed E-state index contributed by atoms with van der Waals surface area (Å²) in [4.78, 5) is 20.5. The summed E-state index contributed by atoms with van der Waals surface area (Å²) in [5, 5.41) is 0. The van der Waals surface area contributed by atoms with Crippen LogP contribution >= 0.6 is 0 Å². The number of aldehydes is 1. The fourth-order valence-electron chi connectivity index (χ4n) is 1.13. The zero-order valence-corrected chi connectivity index (χ0v) is 5.46. The van der Waals surface area contributed by atoms with Gasteiger partial charge in [0, 0.05) is 5.92 Å². The van der Waals surface area contributed by atoms with Crippen LogP contribution in [-0.2, 0) is 9.59 Å². The molecule has 2 nitrogen and oxygen atoms in total. The molecule has 0 saturated heterocycles. The highest BCUT2D eigenvalue weighted by Crippen LogP contribution is 2.40. The standard InChI is InChI=1S/C7H10O2/c1-2-5-3-6(5)7(9)4-8/h4-6H,2-3H2,1H3/t5-,6-/m0/s1. The molecule has 0 unspecified atom stereocenters. The first kappa shape index (κ1) is 6.46. The van der Waals surface area contributed by atoms with Gasteiger partial charge in [0.05, 0.1) is 0 Å². The predicted octanol–water partition coefficient (Wildman–Crippen LogP) is 0.800. The highest BCUT2D eigenvalue weighted by atomic mass is 16.2. The molecule has 0 aromatic carbocycles. The topological polar surface area (TPSA) is 34.1 Å². The van der Waals surface area contributed by atoms with E-state index >= 15 is 0 Å². The second-order valence-corrected chi connectivity index (χ2v) is 2.53. The van der Waals surface area contributed by atoms with Crippen LogP contribution in [0.5, 0.6) is 0 Å². The van der Waals surface area contributed by atoms with Crippen molar-refractivity contribution in [2.45, 2.75) is 19.8 Å². The van der Waals surface area contributed by atoms with Crippen molar-refractivity contribution in [3.63, 3.8) is 0 Å². The Balaban J connectivity index is 2.33. The van der Waals surface area contributed by atoms with Gasteiger partial charge in [0.2, 0.25) is 0 Å². The van der Waals surface area contributed by atoms with Crippen LogP contribution in [-0.4, -0.2) is 12.1 Å². The van der Waals surface area contributed by atoms with Crippen molar-refractivity contribution in [1.29, 1.82) is 0 Å². The number of carbonyl (C=O) groups is 2. The highest BCUT2D eigenvalue weighted by Gasteiger charge is 2.40. The van der Waals surface area contributed by atoms with E-state index in [1.54, 1.807) is 0 Å². The normalized spacial score (nSPS) is 31.7. The third kappa shape index (κ3) is 1.18. The molecule has 1 fully saturated rings. The lowest BCUT2D eigenvalue weighted by Gasteiger charge is -1.85. The van der Waals surface area contributed by atoms with Crippen LogP contribution in [0.1, 0.15) is 19.8 Å². The third-order valence-electron chi connectivity index (χ3n) is 1.93. The van der Waals surface area contributed by atoms with Gasteiger partial charge in [-0.2, -0.15) is 0 Å². The Morgan fingerprint density at radius 3 is 2.78 bits per heavy atom. The molecule has 0 aliphatic heterocycles. The van der Waals surface area contributed by atoms with Gasteiger partial charge < -0.3 is 0 Å². The fraction of sp³-hybridized carbons (Fsp3) is 0.714. The first-order valence-electron chi connectivity index (χ1n) is 3.28. The van der Waals surface area contributed by atoms with Gasteiger partial charge in [0.1, 0.15) is 0 Å². The van der Waals surface area contributed by atoms with E-state index in [9.17, 15) is 9.59 Å². The van der Waals surface area contributed by atoms with Crippen LogP contribution in [0.4, 0.5) is 0 Å². The Hall–Kier alpha value is -0.660. The van der Waals surface area contributed by atoms with Crippen LogP contribution in [0.25, 0.3) is 0 Å². The summed E-state index contributed by atoms with van der Waals surface area (Å²) >= 11 is 0. The maximum atomic E-state index is 10.6. The van der Waals surface area contributed by atoms with Gasteiger partial charge in [-0.1, -0.05) is 13.3 Å². The third-order valence-corrected chi connectivity index (χ3v) is 1.93. The molecule has 0 amide bonds. The number of hydrogen-bond acceptors (Lipinski definition) is 2. The van der Waals surface area contributed by atoms with Crippen molar-refractivity contribution in [2.75, 3.05) is 0 Å². The van der Waals surface area contributed by atoms with Crippen LogP contribution in [0.2, 0.25) is 0 Å². The summed E-state index contributed by atoms with van der Waals surface area (Å²) in [6.07, 6.45) is 2.42. The number of ketones is 1. The maximum Gasteiger partial charge on any atom is 0.198 e.